The monoisotopic (exact) mass is 240 g/mol. The Balaban J connectivity index is 2.15. The van der Waals surface area contributed by atoms with Crippen LogP contribution < -0.4 is 0 Å². The number of carbonyl (C=O) groups excluding carboxylic acids is 1. The summed E-state index contributed by atoms with van der Waals surface area (Å²) < 4.78 is 0. The van der Waals surface area contributed by atoms with Crippen LogP contribution in [0.4, 0.5) is 0 Å². The summed E-state index contributed by atoms with van der Waals surface area (Å²) in [6.45, 7) is 1.61. The van der Waals surface area contributed by atoms with Crippen LogP contribution >= 0.6 is 0 Å². The Labute approximate surface area is 107 Å². The van der Waals surface area contributed by atoms with Crippen LogP contribution in [0.1, 0.15) is 30.5 Å². The van der Waals surface area contributed by atoms with Crippen LogP contribution in [0.3, 0.4) is 0 Å². The van der Waals surface area contributed by atoms with E-state index >= 15 is 0 Å². The number of benzene rings is 1. The van der Waals surface area contributed by atoms with Gasteiger partial charge in [0.05, 0.1) is 6.33 Å². The molecule has 92 valence electrons. The fourth-order valence-corrected chi connectivity index (χ4v) is 1.85. The first-order valence-corrected chi connectivity index (χ1v) is 5.96. The van der Waals surface area contributed by atoms with Crippen molar-refractivity contribution in [2.24, 2.45) is 0 Å². The van der Waals surface area contributed by atoms with Gasteiger partial charge in [-0.15, -0.1) is 0 Å². The Morgan fingerprint density at radius 3 is 2.78 bits per heavy atom. The van der Waals surface area contributed by atoms with Crippen molar-refractivity contribution in [2.45, 2.75) is 19.3 Å². The minimum Gasteiger partial charge on any atom is -0.348 e. The molecule has 0 spiro atoms. The van der Waals surface area contributed by atoms with Crippen molar-refractivity contribution in [3.8, 4) is 0 Å². The van der Waals surface area contributed by atoms with Crippen LogP contribution in [0.2, 0.25) is 0 Å². The maximum absolute atomic E-state index is 11.3. The van der Waals surface area contributed by atoms with Gasteiger partial charge in [0.15, 0.2) is 0 Å². The standard InChI is InChI=1S/C15H16N2O/c1-12(18)9-14(15-10-16-11-17-15)8-7-13-5-3-2-4-6-13/h2-8,10-11,14H,9H2,1H3,(H,16,17)/b8-7+/t14-/m1/s1. The number of carbonyl (C=O) groups is 1. The van der Waals surface area contributed by atoms with Gasteiger partial charge < -0.3 is 4.98 Å². The quantitative estimate of drug-likeness (QED) is 0.872. The number of nitrogens with zero attached hydrogens (tertiary/aromatic N) is 1. The molecule has 3 nitrogen and oxygen atoms in total. The molecule has 0 saturated heterocycles. The fraction of sp³-hybridized carbons (Fsp3) is 0.200. The van der Waals surface area contributed by atoms with Gasteiger partial charge in [-0.25, -0.2) is 4.98 Å². The highest BCUT2D eigenvalue weighted by molar-refractivity contribution is 5.77. The number of hydrogen-bond acceptors (Lipinski definition) is 2. The van der Waals surface area contributed by atoms with Crippen LogP contribution in [0.25, 0.3) is 6.08 Å². The van der Waals surface area contributed by atoms with Gasteiger partial charge in [0.1, 0.15) is 5.78 Å². The molecule has 0 bridgehead atoms. The van der Waals surface area contributed by atoms with Gasteiger partial charge in [0, 0.05) is 24.2 Å². The van der Waals surface area contributed by atoms with Crippen LogP contribution in [0.15, 0.2) is 48.9 Å². The molecule has 0 fully saturated rings. The van der Waals surface area contributed by atoms with Gasteiger partial charge in [-0.2, -0.15) is 0 Å². The van der Waals surface area contributed by atoms with Gasteiger partial charge in [0.2, 0.25) is 0 Å². The summed E-state index contributed by atoms with van der Waals surface area (Å²) in [5, 5.41) is 0. The maximum atomic E-state index is 11.3. The normalized spacial score (nSPS) is 12.7. The average molecular weight is 240 g/mol. The lowest BCUT2D eigenvalue weighted by atomic mass is 9.98. The minimum atomic E-state index is 0.0604. The third kappa shape index (κ3) is 3.42. The summed E-state index contributed by atoms with van der Waals surface area (Å²) in [5.74, 6) is 0.234. The van der Waals surface area contributed by atoms with Gasteiger partial charge in [-0.05, 0) is 12.5 Å². The molecule has 18 heavy (non-hydrogen) atoms. The molecule has 0 saturated carbocycles. The number of rotatable bonds is 5. The van der Waals surface area contributed by atoms with Gasteiger partial charge in [-0.3, -0.25) is 4.79 Å². The number of Topliss-reactive ketones (excluding diaryl/α,β-unsaturated/α-hetero) is 1. The lowest BCUT2D eigenvalue weighted by Crippen LogP contribution is -2.02. The maximum Gasteiger partial charge on any atom is 0.130 e. The summed E-state index contributed by atoms with van der Waals surface area (Å²) >= 11 is 0. The van der Waals surface area contributed by atoms with Crippen LogP contribution in [0.5, 0.6) is 0 Å². The van der Waals surface area contributed by atoms with Crippen molar-refractivity contribution in [3.05, 3.63) is 60.2 Å². The van der Waals surface area contributed by atoms with E-state index in [4.69, 9.17) is 0 Å². The molecule has 0 aliphatic rings. The Morgan fingerprint density at radius 1 is 1.39 bits per heavy atom. The number of imidazole rings is 1. The molecule has 0 radical (unpaired) electrons. The summed E-state index contributed by atoms with van der Waals surface area (Å²) in [7, 11) is 0. The second kappa shape index (κ2) is 5.96. The number of allylic oxidation sites excluding steroid dienone is 1. The Kier molecular flexibility index (Phi) is 4.07. The van der Waals surface area contributed by atoms with E-state index in [0.717, 1.165) is 11.3 Å². The number of aromatic nitrogens is 2. The highest BCUT2D eigenvalue weighted by Gasteiger charge is 2.11. The van der Waals surface area contributed by atoms with Crippen LogP contribution in [0, 0.1) is 0 Å². The molecule has 1 N–H and O–H groups in total. The SMILES string of the molecule is CC(=O)C[C@@H](/C=C/c1ccccc1)c1cnc[nH]1. The van der Waals surface area contributed by atoms with Crippen LogP contribution in [-0.2, 0) is 4.79 Å². The van der Waals surface area contributed by atoms with E-state index in [9.17, 15) is 4.79 Å². The fourth-order valence-electron chi connectivity index (χ4n) is 1.85. The number of nitrogens with one attached hydrogen (secondary N) is 1. The number of ketones is 1. The first-order chi connectivity index (χ1) is 8.75. The first-order valence-electron chi connectivity index (χ1n) is 5.96. The highest BCUT2D eigenvalue weighted by Crippen LogP contribution is 2.20. The molecular formula is C15H16N2O. The van der Waals surface area contributed by atoms with E-state index in [-0.39, 0.29) is 11.7 Å². The van der Waals surface area contributed by atoms with E-state index in [1.54, 1.807) is 19.4 Å². The van der Waals surface area contributed by atoms with Gasteiger partial charge >= 0.3 is 0 Å². The lowest BCUT2D eigenvalue weighted by Gasteiger charge is -2.08. The molecule has 2 aromatic rings. The van der Waals surface area contributed by atoms with Crippen molar-refractivity contribution in [3.63, 3.8) is 0 Å². The van der Waals surface area contributed by atoms with Gasteiger partial charge in [-0.1, -0.05) is 42.5 Å². The molecule has 1 aromatic heterocycles. The zero-order valence-corrected chi connectivity index (χ0v) is 10.3. The van der Waals surface area contributed by atoms with E-state index in [1.807, 2.05) is 42.5 Å². The third-order valence-corrected chi connectivity index (χ3v) is 2.75. The van der Waals surface area contributed by atoms with E-state index in [1.165, 1.54) is 0 Å². The molecule has 3 heteroatoms. The smallest absolute Gasteiger partial charge is 0.130 e. The van der Waals surface area contributed by atoms with Gasteiger partial charge in [0.25, 0.3) is 0 Å². The number of H-pyrrole nitrogens is 1. The number of hydrogen-bond donors (Lipinski definition) is 1. The summed E-state index contributed by atoms with van der Waals surface area (Å²) in [4.78, 5) is 18.4. The zero-order valence-electron chi connectivity index (χ0n) is 10.3. The molecule has 0 aliphatic heterocycles. The zero-order chi connectivity index (χ0) is 12.8. The molecule has 1 atom stereocenters. The van der Waals surface area contributed by atoms with Crippen molar-refractivity contribution in [1.29, 1.82) is 0 Å². The lowest BCUT2D eigenvalue weighted by molar-refractivity contribution is -0.117. The molecule has 1 aromatic carbocycles. The summed E-state index contributed by atoms with van der Waals surface area (Å²) in [5.41, 5.74) is 2.10. The molecule has 0 unspecified atom stereocenters. The van der Waals surface area contributed by atoms with E-state index < -0.39 is 0 Å². The van der Waals surface area contributed by atoms with Crippen molar-refractivity contribution in [1.82, 2.24) is 9.97 Å². The third-order valence-electron chi connectivity index (χ3n) is 2.75. The molecule has 0 amide bonds. The Hall–Kier alpha value is -2.16. The average Bonchev–Trinajstić information content (AvgIpc) is 2.89. The van der Waals surface area contributed by atoms with E-state index in [2.05, 4.69) is 9.97 Å². The predicted molar refractivity (Wildman–Crippen MR) is 72.1 cm³/mol. The predicted octanol–water partition coefficient (Wildman–Crippen LogP) is 3.19. The second-order valence-electron chi connectivity index (χ2n) is 4.29. The molecule has 2 rings (SSSR count). The summed E-state index contributed by atoms with van der Waals surface area (Å²) in [6, 6.07) is 10.0. The Bertz CT molecular complexity index is 515. The van der Waals surface area contributed by atoms with E-state index in [0.29, 0.717) is 6.42 Å². The summed E-state index contributed by atoms with van der Waals surface area (Å²) in [6.07, 6.45) is 7.98. The molecule has 0 aliphatic carbocycles. The minimum absolute atomic E-state index is 0.0604. The highest BCUT2D eigenvalue weighted by atomic mass is 16.1. The molecular weight excluding hydrogens is 224 g/mol. The van der Waals surface area contributed by atoms with Crippen LogP contribution in [-0.4, -0.2) is 15.8 Å². The first kappa shape index (κ1) is 12.3. The van der Waals surface area contributed by atoms with Crippen molar-refractivity contribution < 1.29 is 4.79 Å². The number of aromatic amines is 1. The topological polar surface area (TPSA) is 45.8 Å². The molecule has 1 heterocycles. The largest absolute Gasteiger partial charge is 0.348 e. The van der Waals surface area contributed by atoms with Crippen molar-refractivity contribution >= 4 is 11.9 Å². The second-order valence-corrected chi connectivity index (χ2v) is 4.29. The van der Waals surface area contributed by atoms with Crippen molar-refractivity contribution in [2.75, 3.05) is 0 Å². The Morgan fingerprint density at radius 2 is 2.17 bits per heavy atom.